The van der Waals surface area contributed by atoms with Crippen LogP contribution in [0.1, 0.15) is 0 Å². The van der Waals surface area contributed by atoms with Crippen molar-refractivity contribution < 1.29 is 4.74 Å². The van der Waals surface area contributed by atoms with Gasteiger partial charge in [0, 0.05) is 13.1 Å². The standard InChI is InChI=1S/C4H9ClN2O/c5-6-7-1-3-8-4-2-7/h6H,1-4H2. The van der Waals surface area contributed by atoms with E-state index in [1.165, 1.54) is 0 Å². The van der Waals surface area contributed by atoms with E-state index < -0.39 is 0 Å². The van der Waals surface area contributed by atoms with Crippen LogP contribution < -0.4 is 4.94 Å². The topological polar surface area (TPSA) is 24.5 Å². The van der Waals surface area contributed by atoms with Crippen LogP contribution in [-0.4, -0.2) is 31.3 Å². The molecule has 0 aromatic rings. The average molecular weight is 137 g/mol. The molecule has 0 saturated carbocycles. The van der Waals surface area contributed by atoms with Gasteiger partial charge in [-0.3, -0.25) is 0 Å². The van der Waals surface area contributed by atoms with Crippen molar-refractivity contribution in [2.24, 2.45) is 0 Å². The van der Waals surface area contributed by atoms with E-state index in [0.717, 1.165) is 26.3 Å². The molecule has 0 amide bonds. The molecule has 0 aromatic heterocycles. The number of hydrogen-bond donors (Lipinski definition) is 1. The van der Waals surface area contributed by atoms with Crippen molar-refractivity contribution in [2.45, 2.75) is 0 Å². The lowest BCUT2D eigenvalue weighted by atomic mass is 10.5. The molecule has 0 aliphatic carbocycles. The number of rotatable bonds is 1. The first kappa shape index (κ1) is 6.29. The van der Waals surface area contributed by atoms with Crippen LogP contribution in [0.3, 0.4) is 0 Å². The van der Waals surface area contributed by atoms with Crippen LogP contribution in [0.25, 0.3) is 0 Å². The molecule has 8 heavy (non-hydrogen) atoms. The molecule has 1 saturated heterocycles. The van der Waals surface area contributed by atoms with Gasteiger partial charge in [0.1, 0.15) is 0 Å². The van der Waals surface area contributed by atoms with Gasteiger partial charge < -0.3 is 4.74 Å². The zero-order valence-electron chi connectivity index (χ0n) is 4.56. The summed E-state index contributed by atoms with van der Waals surface area (Å²) < 4.78 is 5.06. The van der Waals surface area contributed by atoms with Crippen LogP contribution in [0, 0.1) is 0 Å². The summed E-state index contributed by atoms with van der Waals surface area (Å²) in [6.07, 6.45) is 0. The largest absolute Gasteiger partial charge is 0.379 e. The van der Waals surface area contributed by atoms with Gasteiger partial charge in [0.05, 0.1) is 13.2 Å². The summed E-state index contributed by atoms with van der Waals surface area (Å²) in [7, 11) is 0. The maximum atomic E-state index is 5.30. The molecule has 0 atom stereocenters. The van der Waals surface area contributed by atoms with Crippen molar-refractivity contribution in [1.29, 1.82) is 0 Å². The highest BCUT2D eigenvalue weighted by molar-refractivity contribution is 6.13. The van der Waals surface area contributed by atoms with Crippen LogP contribution >= 0.6 is 11.8 Å². The van der Waals surface area contributed by atoms with Gasteiger partial charge in [-0.25, -0.2) is 5.01 Å². The lowest BCUT2D eigenvalue weighted by Crippen LogP contribution is -2.41. The zero-order valence-corrected chi connectivity index (χ0v) is 5.32. The minimum absolute atomic E-state index is 0.778. The number of hydrogen-bond acceptors (Lipinski definition) is 3. The lowest BCUT2D eigenvalue weighted by molar-refractivity contribution is 0.0275. The maximum Gasteiger partial charge on any atom is 0.0608 e. The average Bonchev–Trinajstić information content (AvgIpc) is 1.90. The second kappa shape index (κ2) is 3.25. The summed E-state index contributed by atoms with van der Waals surface area (Å²) in [4.78, 5) is 2.53. The molecule has 48 valence electrons. The van der Waals surface area contributed by atoms with Crippen LogP contribution in [-0.2, 0) is 4.74 Å². The fraction of sp³-hybridized carbons (Fsp3) is 1.00. The van der Waals surface area contributed by atoms with Gasteiger partial charge in [-0.1, -0.05) is 0 Å². The van der Waals surface area contributed by atoms with E-state index in [-0.39, 0.29) is 0 Å². The van der Waals surface area contributed by atoms with E-state index in [9.17, 15) is 0 Å². The molecule has 1 rings (SSSR count). The third kappa shape index (κ3) is 1.59. The Hall–Kier alpha value is 0.170. The van der Waals surface area contributed by atoms with Gasteiger partial charge in [-0.2, -0.15) is 4.94 Å². The Kier molecular flexibility index (Phi) is 2.55. The van der Waals surface area contributed by atoms with Crippen LogP contribution in [0.15, 0.2) is 0 Å². The van der Waals surface area contributed by atoms with Crippen molar-refractivity contribution in [3.63, 3.8) is 0 Å². The van der Waals surface area contributed by atoms with E-state index in [1.54, 1.807) is 0 Å². The first-order valence-corrected chi connectivity index (χ1v) is 3.00. The van der Waals surface area contributed by atoms with Crippen molar-refractivity contribution in [3.05, 3.63) is 0 Å². The Morgan fingerprint density at radius 1 is 1.38 bits per heavy atom. The molecule has 0 radical (unpaired) electrons. The highest BCUT2D eigenvalue weighted by Crippen LogP contribution is 1.91. The van der Waals surface area contributed by atoms with E-state index in [4.69, 9.17) is 16.5 Å². The van der Waals surface area contributed by atoms with E-state index in [1.807, 2.05) is 5.01 Å². The number of nitrogens with zero attached hydrogens (tertiary/aromatic N) is 1. The van der Waals surface area contributed by atoms with E-state index in [2.05, 4.69) is 4.94 Å². The number of halogens is 1. The van der Waals surface area contributed by atoms with Gasteiger partial charge in [0.15, 0.2) is 0 Å². The molecule has 0 spiro atoms. The molecule has 0 bridgehead atoms. The third-order valence-electron chi connectivity index (χ3n) is 1.13. The second-order valence-corrected chi connectivity index (χ2v) is 1.85. The first-order valence-electron chi connectivity index (χ1n) is 2.62. The predicted molar refractivity (Wildman–Crippen MR) is 31.4 cm³/mol. The zero-order chi connectivity index (χ0) is 5.82. The Morgan fingerprint density at radius 2 is 2.00 bits per heavy atom. The summed E-state index contributed by atoms with van der Waals surface area (Å²) in [5.74, 6) is 0. The molecule has 4 heteroatoms. The molecule has 0 aromatic carbocycles. The Balaban J connectivity index is 2.13. The van der Waals surface area contributed by atoms with Crippen molar-refractivity contribution in [2.75, 3.05) is 26.3 Å². The van der Waals surface area contributed by atoms with E-state index >= 15 is 0 Å². The second-order valence-electron chi connectivity index (χ2n) is 1.68. The fourth-order valence-corrected chi connectivity index (χ4v) is 0.817. The monoisotopic (exact) mass is 136 g/mol. The number of hydrazine groups is 1. The SMILES string of the molecule is ClNN1CCOCC1. The van der Waals surface area contributed by atoms with Crippen LogP contribution in [0.2, 0.25) is 0 Å². The Morgan fingerprint density at radius 3 is 2.38 bits per heavy atom. The first-order chi connectivity index (χ1) is 3.93. The summed E-state index contributed by atoms with van der Waals surface area (Å²) in [5, 5.41) is 1.91. The summed E-state index contributed by atoms with van der Waals surface area (Å²) in [6.45, 7) is 3.31. The third-order valence-corrected chi connectivity index (χ3v) is 1.37. The lowest BCUT2D eigenvalue weighted by Gasteiger charge is -2.23. The maximum absolute atomic E-state index is 5.30. The van der Waals surface area contributed by atoms with Crippen LogP contribution in [0.4, 0.5) is 0 Å². The molecule has 1 heterocycles. The molecule has 3 nitrogen and oxygen atoms in total. The van der Waals surface area contributed by atoms with Gasteiger partial charge in [-0.05, 0) is 11.8 Å². The summed E-state index contributed by atoms with van der Waals surface area (Å²) in [6, 6.07) is 0. The molecular formula is C4H9ClN2O. The van der Waals surface area contributed by atoms with Gasteiger partial charge >= 0.3 is 0 Å². The Labute approximate surface area is 53.6 Å². The van der Waals surface area contributed by atoms with Crippen molar-refractivity contribution >= 4 is 11.8 Å². The molecule has 1 N–H and O–H groups in total. The van der Waals surface area contributed by atoms with E-state index in [0.29, 0.717) is 0 Å². The molecule has 1 fully saturated rings. The normalized spacial score (nSPS) is 23.6. The van der Waals surface area contributed by atoms with Crippen molar-refractivity contribution in [1.82, 2.24) is 9.95 Å². The quantitative estimate of drug-likeness (QED) is 0.513. The number of nitrogens with one attached hydrogen (secondary N) is 1. The van der Waals surface area contributed by atoms with Gasteiger partial charge in [0.2, 0.25) is 0 Å². The van der Waals surface area contributed by atoms with Gasteiger partial charge in [-0.15, -0.1) is 0 Å². The van der Waals surface area contributed by atoms with Gasteiger partial charge in [0.25, 0.3) is 0 Å². The number of ether oxygens (including phenoxy) is 1. The molecular weight excluding hydrogens is 128 g/mol. The Bertz CT molecular complexity index is 65.1. The fourth-order valence-electron chi connectivity index (χ4n) is 0.648. The van der Waals surface area contributed by atoms with Crippen LogP contribution in [0.5, 0.6) is 0 Å². The predicted octanol–water partition coefficient (Wildman–Crippen LogP) is -0.0230. The van der Waals surface area contributed by atoms with Crippen molar-refractivity contribution in [3.8, 4) is 0 Å². The highest BCUT2D eigenvalue weighted by Gasteiger charge is 2.06. The minimum Gasteiger partial charge on any atom is -0.379 e. The molecule has 1 aliphatic rings. The highest BCUT2D eigenvalue weighted by atomic mass is 35.5. The summed E-state index contributed by atoms with van der Waals surface area (Å²) in [5.41, 5.74) is 0. The smallest absolute Gasteiger partial charge is 0.0608 e. The minimum atomic E-state index is 0.778. The molecule has 0 unspecified atom stereocenters. The summed E-state index contributed by atoms with van der Waals surface area (Å²) >= 11 is 5.30. The molecule has 1 aliphatic heterocycles. The number of morpholine rings is 1.